The third kappa shape index (κ3) is 4.49. The second kappa shape index (κ2) is 6.77. The van der Waals surface area contributed by atoms with Crippen molar-refractivity contribution in [2.45, 2.75) is 52.7 Å². The highest BCUT2D eigenvalue weighted by Crippen LogP contribution is 2.16. The molecule has 0 aromatic heterocycles. The Balaban J connectivity index is 2.52. The first kappa shape index (κ1) is 14.2. The maximum absolute atomic E-state index is 6.13. The highest BCUT2D eigenvalue weighted by atomic mass is 16.5. The largest absolute Gasteiger partial charge is 0.377 e. The molecule has 1 aromatic carbocycles. The Bertz CT molecular complexity index is 349. The van der Waals surface area contributed by atoms with Crippen molar-refractivity contribution in [3.63, 3.8) is 0 Å². The number of aryl methyl sites for hydroxylation is 2. The highest BCUT2D eigenvalue weighted by Gasteiger charge is 2.09. The zero-order valence-corrected chi connectivity index (χ0v) is 11.5. The topological polar surface area (TPSA) is 35.2 Å². The van der Waals surface area contributed by atoms with Gasteiger partial charge >= 0.3 is 0 Å². The molecule has 2 unspecified atom stereocenters. The van der Waals surface area contributed by atoms with E-state index >= 15 is 0 Å². The van der Waals surface area contributed by atoms with Gasteiger partial charge in [-0.3, -0.25) is 0 Å². The van der Waals surface area contributed by atoms with Crippen LogP contribution in [0.15, 0.2) is 18.2 Å². The monoisotopic (exact) mass is 235 g/mol. The van der Waals surface area contributed by atoms with Gasteiger partial charge in [-0.2, -0.15) is 0 Å². The molecule has 0 saturated carbocycles. The second-order valence-electron chi connectivity index (χ2n) is 4.88. The number of hydrogen-bond donors (Lipinski definition) is 1. The molecule has 0 heterocycles. The molecule has 0 aliphatic rings. The van der Waals surface area contributed by atoms with Gasteiger partial charge in [0.2, 0.25) is 0 Å². The smallest absolute Gasteiger partial charge is 0.0662 e. The summed E-state index contributed by atoms with van der Waals surface area (Å²) in [6, 6.07) is 6.36. The standard InChI is InChI=1S/C15H25NO/c1-5-6-13(4)17-10-15(16)14-8-7-11(2)12(3)9-14/h7-9,13,15H,5-6,10,16H2,1-4H3. The number of rotatable bonds is 6. The van der Waals surface area contributed by atoms with Crippen LogP contribution in [0.5, 0.6) is 0 Å². The summed E-state index contributed by atoms with van der Waals surface area (Å²) >= 11 is 0. The molecule has 1 rings (SSSR count). The molecule has 17 heavy (non-hydrogen) atoms. The van der Waals surface area contributed by atoms with Gasteiger partial charge in [-0.25, -0.2) is 0 Å². The minimum absolute atomic E-state index is 0.0198. The number of benzene rings is 1. The molecule has 2 heteroatoms. The molecule has 96 valence electrons. The lowest BCUT2D eigenvalue weighted by Gasteiger charge is -2.17. The summed E-state index contributed by atoms with van der Waals surface area (Å²) in [7, 11) is 0. The van der Waals surface area contributed by atoms with Crippen LogP contribution in [0.2, 0.25) is 0 Å². The van der Waals surface area contributed by atoms with Crippen molar-refractivity contribution in [3.8, 4) is 0 Å². The van der Waals surface area contributed by atoms with Crippen LogP contribution >= 0.6 is 0 Å². The van der Waals surface area contributed by atoms with E-state index < -0.39 is 0 Å². The van der Waals surface area contributed by atoms with Crippen LogP contribution in [0.4, 0.5) is 0 Å². The van der Waals surface area contributed by atoms with Crippen LogP contribution in [0.3, 0.4) is 0 Å². The lowest BCUT2D eigenvalue weighted by Crippen LogP contribution is -2.21. The lowest BCUT2D eigenvalue weighted by atomic mass is 10.0. The van der Waals surface area contributed by atoms with Gasteiger partial charge in [0.1, 0.15) is 0 Å². The van der Waals surface area contributed by atoms with Gasteiger partial charge in [0, 0.05) is 0 Å². The van der Waals surface area contributed by atoms with E-state index in [-0.39, 0.29) is 6.04 Å². The van der Waals surface area contributed by atoms with Crippen molar-refractivity contribution in [3.05, 3.63) is 34.9 Å². The summed E-state index contributed by atoms with van der Waals surface area (Å²) < 4.78 is 5.74. The fourth-order valence-corrected chi connectivity index (χ4v) is 1.85. The van der Waals surface area contributed by atoms with E-state index in [4.69, 9.17) is 10.5 Å². The van der Waals surface area contributed by atoms with E-state index in [9.17, 15) is 0 Å². The van der Waals surface area contributed by atoms with E-state index in [1.54, 1.807) is 0 Å². The fraction of sp³-hybridized carbons (Fsp3) is 0.600. The Morgan fingerprint density at radius 3 is 2.53 bits per heavy atom. The van der Waals surface area contributed by atoms with Gasteiger partial charge in [-0.15, -0.1) is 0 Å². The second-order valence-corrected chi connectivity index (χ2v) is 4.88. The summed E-state index contributed by atoms with van der Waals surface area (Å²) in [6.07, 6.45) is 2.55. The molecule has 1 aromatic rings. The van der Waals surface area contributed by atoms with Gasteiger partial charge < -0.3 is 10.5 Å². The molecule has 0 fully saturated rings. The van der Waals surface area contributed by atoms with Crippen LogP contribution in [-0.2, 0) is 4.74 Å². The Morgan fingerprint density at radius 1 is 1.24 bits per heavy atom. The van der Waals surface area contributed by atoms with Crippen LogP contribution in [-0.4, -0.2) is 12.7 Å². The molecule has 0 bridgehead atoms. The van der Waals surface area contributed by atoms with Crippen LogP contribution in [0, 0.1) is 13.8 Å². The first-order chi connectivity index (χ1) is 8.04. The van der Waals surface area contributed by atoms with Gasteiger partial charge in [0.05, 0.1) is 18.8 Å². The van der Waals surface area contributed by atoms with Crippen molar-refractivity contribution in [2.24, 2.45) is 5.73 Å². The predicted molar refractivity (Wildman–Crippen MR) is 73.2 cm³/mol. The van der Waals surface area contributed by atoms with Crippen LogP contribution < -0.4 is 5.73 Å². The SMILES string of the molecule is CCCC(C)OCC(N)c1ccc(C)c(C)c1. The number of nitrogens with two attached hydrogens (primary N) is 1. The maximum Gasteiger partial charge on any atom is 0.0662 e. The Morgan fingerprint density at radius 2 is 1.94 bits per heavy atom. The first-order valence-corrected chi connectivity index (χ1v) is 6.49. The molecule has 0 saturated heterocycles. The molecular formula is C15H25NO. The quantitative estimate of drug-likeness (QED) is 0.819. The number of ether oxygens (including phenoxy) is 1. The molecule has 2 N–H and O–H groups in total. The van der Waals surface area contributed by atoms with E-state index in [2.05, 4.69) is 45.9 Å². The fourth-order valence-electron chi connectivity index (χ4n) is 1.85. The molecule has 0 aliphatic carbocycles. The van der Waals surface area contributed by atoms with Crippen molar-refractivity contribution in [1.29, 1.82) is 0 Å². The van der Waals surface area contributed by atoms with Crippen molar-refractivity contribution < 1.29 is 4.74 Å². The van der Waals surface area contributed by atoms with E-state index in [0.29, 0.717) is 12.7 Å². The molecule has 0 amide bonds. The highest BCUT2D eigenvalue weighted by molar-refractivity contribution is 5.31. The van der Waals surface area contributed by atoms with Crippen molar-refractivity contribution >= 4 is 0 Å². The lowest BCUT2D eigenvalue weighted by molar-refractivity contribution is 0.0503. The Labute approximate surface area is 105 Å². The van der Waals surface area contributed by atoms with Crippen molar-refractivity contribution in [1.82, 2.24) is 0 Å². The Kier molecular flexibility index (Phi) is 5.66. The summed E-state index contributed by atoms with van der Waals surface area (Å²) in [4.78, 5) is 0. The normalized spacial score (nSPS) is 14.6. The van der Waals surface area contributed by atoms with Gasteiger partial charge in [-0.05, 0) is 43.9 Å². The van der Waals surface area contributed by atoms with Crippen LogP contribution in [0.25, 0.3) is 0 Å². The zero-order chi connectivity index (χ0) is 12.8. The average molecular weight is 235 g/mol. The molecule has 2 atom stereocenters. The first-order valence-electron chi connectivity index (χ1n) is 6.49. The minimum Gasteiger partial charge on any atom is -0.377 e. The van der Waals surface area contributed by atoms with Gasteiger partial charge in [0.25, 0.3) is 0 Å². The zero-order valence-electron chi connectivity index (χ0n) is 11.5. The van der Waals surface area contributed by atoms with E-state index in [0.717, 1.165) is 18.4 Å². The molecular weight excluding hydrogens is 210 g/mol. The summed E-state index contributed by atoms with van der Waals surface area (Å²) in [5.74, 6) is 0. The summed E-state index contributed by atoms with van der Waals surface area (Å²) in [5, 5.41) is 0. The average Bonchev–Trinajstić information content (AvgIpc) is 2.30. The maximum atomic E-state index is 6.13. The van der Waals surface area contributed by atoms with Gasteiger partial charge in [-0.1, -0.05) is 31.5 Å². The predicted octanol–water partition coefficient (Wildman–Crippen LogP) is 3.51. The minimum atomic E-state index is -0.0198. The molecule has 0 aliphatic heterocycles. The summed E-state index contributed by atoms with van der Waals surface area (Å²) in [5.41, 5.74) is 9.90. The third-order valence-corrected chi connectivity index (χ3v) is 3.21. The third-order valence-electron chi connectivity index (χ3n) is 3.21. The van der Waals surface area contributed by atoms with Gasteiger partial charge in [0.15, 0.2) is 0 Å². The van der Waals surface area contributed by atoms with Crippen molar-refractivity contribution in [2.75, 3.05) is 6.61 Å². The van der Waals surface area contributed by atoms with E-state index in [1.165, 1.54) is 11.1 Å². The summed E-state index contributed by atoms with van der Waals surface area (Å²) in [6.45, 7) is 9.11. The van der Waals surface area contributed by atoms with Crippen LogP contribution in [0.1, 0.15) is 49.4 Å². The molecule has 2 nitrogen and oxygen atoms in total. The Hall–Kier alpha value is -0.860. The molecule has 0 radical (unpaired) electrons. The number of hydrogen-bond acceptors (Lipinski definition) is 2. The van der Waals surface area contributed by atoms with E-state index in [1.807, 2.05) is 0 Å². The molecule has 0 spiro atoms.